The fourth-order valence-corrected chi connectivity index (χ4v) is 8.69. The Morgan fingerprint density at radius 3 is 1.98 bits per heavy atom. The molecule has 11 nitrogen and oxygen atoms in total. The van der Waals surface area contributed by atoms with Crippen LogP contribution in [0.5, 0.6) is 11.5 Å². The zero-order valence-electron chi connectivity index (χ0n) is 31.4. The summed E-state index contributed by atoms with van der Waals surface area (Å²) < 4.78 is 14.8. The highest BCUT2D eigenvalue weighted by atomic mass is 32.1. The number of rotatable bonds is 10. The van der Waals surface area contributed by atoms with Gasteiger partial charge in [-0.3, -0.25) is 24.8 Å². The van der Waals surface area contributed by atoms with E-state index in [9.17, 15) is 0 Å². The first-order chi connectivity index (χ1) is 28.1. The molecule has 12 heteroatoms. The van der Waals surface area contributed by atoms with Gasteiger partial charge in [0.1, 0.15) is 17.2 Å². The monoisotopic (exact) mass is 768 g/mol. The molecule has 57 heavy (non-hydrogen) atoms. The highest BCUT2D eigenvalue weighted by molar-refractivity contribution is 7.22. The van der Waals surface area contributed by atoms with Gasteiger partial charge >= 0.3 is 5.95 Å². The molecule has 280 valence electrons. The summed E-state index contributed by atoms with van der Waals surface area (Å²) in [6.07, 6.45) is 9.18. The van der Waals surface area contributed by atoms with Crippen LogP contribution in [0.4, 0.5) is 11.1 Å². The van der Waals surface area contributed by atoms with E-state index in [4.69, 9.17) is 39.4 Å². The number of ether oxygens (including phenoxy) is 2. The molecule has 8 aromatic rings. The van der Waals surface area contributed by atoms with Crippen molar-refractivity contribution < 1.29 is 14.0 Å². The molecule has 0 bridgehead atoms. The fourth-order valence-electron chi connectivity index (χ4n) is 7.71. The van der Waals surface area contributed by atoms with Crippen molar-refractivity contribution in [3.8, 4) is 51.0 Å². The van der Waals surface area contributed by atoms with Gasteiger partial charge in [0.2, 0.25) is 0 Å². The van der Waals surface area contributed by atoms with Gasteiger partial charge in [-0.05, 0) is 36.4 Å². The minimum atomic E-state index is 0.156. The second-order valence-corrected chi connectivity index (χ2v) is 15.3. The molecule has 0 atom stereocenters. The number of nitrogens with zero attached hydrogens (tertiary/aromatic N) is 9. The molecule has 0 spiro atoms. The summed E-state index contributed by atoms with van der Waals surface area (Å²) in [6.45, 7) is 3.10. The number of benzene rings is 4. The van der Waals surface area contributed by atoms with Crippen molar-refractivity contribution in [2.45, 2.75) is 11.8 Å². The Morgan fingerprint density at radius 2 is 1.25 bits per heavy atom. The predicted octanol–water partition coefficient (Wildman–Crippen LogP) is 7.77. The Bertz CT molecular complexity index is 2700. The van der Waals surface area contributed by atoms with Crippen LogP contribution in [0.15, 0.2) is 134 Å². The minimum Gasteiger partial charge on any atom is -0.497 e. The van der Waals surface area contributed by atoms with E-state index in [1.54, 1.807) is 50.3 Å². The summed E-state index contributed by atoms with van der Waals surface area (Å²) in [4.78, 5) is 34.3. The molecule has 0 saturated carbocycles. The number of anilines is 2. The predicted molar refractivity (Wildman–Crippen MR) is 222 cm³/mol. The topological polar surface area (TPSA) is 106 Å². The van der Waals surface area contributed by atoms with E-state index in [1.807, 2.05) is 54.6 Å². The normalized spacial score (nSPS) is 14.4. The zero-order chi connectivity index (χ0) is 38.3. The Kier molecular flexibility index (Phi) is 8.94. The summed E-state index contributed by atoms with van der Waals surface area (Å²) in [5, 5.41) is 1.04. The molecule has 6 heterocycles. The van der Waals surface area contributed by atoms with E-state index in [2.05, 4.69) is 69.1 Å². The molecule has 2 fully saturated rings. The molecule has 0 aliphatic carbocycles. The molecule has 0 radical (unpaired) electrons. The standard InChI is InChI=1S/C45H38N9O2S/c1-55-35-12-8-11-30(22-35)40-42(48-18-16-46-40)32-25-52(26-32)44-50-37(29-9-4-3-5-10-29)15-20-54(44)34-21-31(23-36(24-34)56-2)41-43(49-19-17-47-41)33-27-53(28-33)45-51-38-13-6-7-14-39(38)57-45/h3-24,32-33H,25-28H2,1-2H3/q+1. The van der Waals surface area contributed by atoms with Gasteiger partial charge in [0.25, 0.3) is 0 Å². The first-order valence-corrected chi connectivity index (χ1v) is 19.7. The van der Waals surface area contributed by atoms with Crippen LogP contribution in [0.25, 0.3) is 49.7 Å². The van der Waals surface area contributed by atoms with Crippen LogP contribution in [-0.4, -0.2) is 70.3 Å². The third kappa shape index (κ3) is 6.57. The molecule has 4 aromatic carbocycles. The lowest BCUT2D eigenvalue weighted by Gasteiger charge is -2.39. The molecule has 0 amide bonds. The van der Waals surface area contributed by atoms with Gasteiger partial charge in [0, 0.05) is 72.6 Å². The second kappa shape index (κ2) is 14.7. The number of aromatic nitrogens is 7. The molecule has 0 unspecified atom stereocenters. The first kappa shape index (κ1) is 34.7. The third-order valence-corrected chi connectivity index (χ3v) is 11.8. The number of thiazole rings is 1. The van der Waals surface area contributed by atoms with Gasteiger partial charge in [-0.2, -0.15) is 0 Å². The maximum Gasteiger partial charge on any atom is 0.399 e. The van der Waals surface area contributed by atoms with E-state index in [-0.39, 0.29) is 11.8 Å². The molecular weight excluding hydrogens is 731 g/mol. The Labute approximate surface area is 333 Å². The van der Waals surface area contributed by atoms with E-state index in [1.165, 1.54) is 4.70 Å². The molecule has 2 aliphatic rings. The summed E-state index contributed by atoms with van der Waals surface area (Å²) in [6, 6.07) is 34.9. The average Bonchev–Trinajstić information content (AvgIpc) is 3.67. The van der Waals surface area contributed by atoms with Crippen molar-refractivity contribution in [3.05, 3.63) is 146 Å². The lowest BCUT2D eigenvalue weighted by molar-refractivity contribution is -0.585. The summed E-state index contributed by atoms with van der Waals surface area (Å²) in [7, 11) is 3.38. The van der Waals surface area contributed by atoms with E-state index in [0.717, 1.165) is 105 Å². The van der Waals surface area contributed by atoms with Gasteiger partial charge in [0.15, 0.2) is 10.8 Å². The first-order valence-electron chi connectivity index (χ1n) is 18.9. The Hall–Kier alpha value is -6.79. The molecule has 2 saturated heterocycles. The van der Waals surface area contributed by atoms with Crippen molar-refractivity contribution in [2.24, 2.45) is 0 Å². The van der Waals surface area contributed by atoms with Crippen LogP contribution < -0.4 is 23.8 Å². The van der Waals surface area contributed by atoms with E-state index < -0.39 is 0 Å². The van der Waals surface area contributed by atoms with Gasteiger partial charge in [-0.15, -0.1) is 0 Å². The Balaban J connectivity index is 0.984. The maximum atomic E-state index is 5.93. The number of hydrogen-bond donors (Lipinski definition) is 0. The number of hydrogen-bond acceptors (Lipinski definition) is 11. The second-order valence-electron chi connectivity index (χ2n) is 14.2. The number of fused-ring (bicyclic) bond motifs is 1. The maximum absolute atomic E-state index is 5.93. The molecular formula is C45H38N9O2S+. The smallest absolute Gasteiger partial charge is 0.399 e. The quantitative estimate of drug-likeness (QED) is 0.128. The fraction of sp³-hybridized carbons (Fsp3) is 0.178. The number of para-hydroxylation sites is 1. The SMILES string of the molecule is COc1cccc(-c2nccnc2C2CN(c3nc(-c4ccccc4)cc[n+]3-c3cc(OC)cc(-c4nccnc4C4CN(c5nc6ccccc6s5)C4)c3)C2)c1. The summed E-state index contributed by atoms with van der Waals surface area (Å²) >= 11 is 1.73. The van der Waals surface area contributed by atoms with Crippen LogP contribution in [0.1, 0.15) is 23.2 Å². The summed E-state index contributed by atoms with van der Waals surface area (Å²) in [5.41, 5.74) is 9.45. The van der Waals surface area contributed by atoms with Gasteiger partial charge in [-0.1, -0.05) is 70.9 Å². The van der Waals surface area contributed by atoms with Crippen LogP contribution in [0.2, 0.25) is 0 Å². The average molecular weight is 769 g/mol. The summed E-state index contributed by atoms with van der Waals surface area (Å²) in [5.74, 6) is 2.70. The van der Waals surface area contributed by atoms with Crippen molar-refractivity contribution in [3.63, 3.8) is 0 Å². The van der Waals surface area contributed by atoms with E-state index in [0.29, 0.717) is 0 Å². The molecule has 0 N–H and O–H groups in total. The van der Waals surface area contributed by atoms with Gasteiger partial charge in [0.05, 0.1) is 72.4 Å². The van der Waals surface area contributed by atoms with Crippen molar-refractivity contribution in [1.29, 1.82) is 0 Å². The molecule has 10 rings (SSSR count). The lowest BCUT2D eigenvalue weighted by Crippen LogP contribution is -2.52. The highest BCUT2D eigenvalue weighted by Gasteiger charge is 2.40. The molecule has 4 aromatic heterocycles. The lowest BCUT2D eigenvalue weighted by atomic mass is 9.92. The van der Waals surface area contributed by atoms with Gasteiger partial charge < -0.3 is 14.4 Å². The van der Waals surface area contributed by atoms with Crippen LogP contribution in [0, 0.1) is 0 Å². The van der Waals surface area contributed by atoms with Gasteiger partial charge in [-0.25, -0.2) is 9.55 Å². The molecule has 2 aliphatic heterocycles. The van der Waals surface area contributed by atoms with Crippen LogP contribution in [-0.2, 0) is 0 Å². The Morgan fingerprint density at radius 1 is 0.596 bits per heavy atom. The van der Waals surface area contributed by atoms with Crippen molar-refractivity contribution >= 4 is 32.6 Å². The highest BCUT2D eigenvalue weighted by Crippen LogP contribution is 2.40. The van der Waals surface area contributed by atoms with Crippen molar-refractivity contribution in [1.82, 2.24) is 29.9 Å². The minimum absolute atomic E-state index is 0.156. The van der Waals surface area contributed by atoms with Crippen LogP contribution >= 0.6 is 11.3 Å². The van der Waals surface area contributed by atoms with Crippen molar-refractivity contribution in [2.75, 3.05) is 50.2 Å². The largest absolute Gasteiger partial charge is 0.497 e. The zero-order valence-corrected chi connectivity index (χ0v) is 32.3. The number of methoxy groups -OCH3 is 2. The van der Waals surface area contributed by atoms with E-state index >= 15 is 0 Å². The third-order valence-electron chi connectivity index (χ3n) is 10.7. The van der Waals surface area contributed by atoms with Crippen LogP contribution in [0.3, 0.4) is 0 Å².